The minimum atomic E-state index is -0.486. The summed E-state index contributed by atoms with van der Waals surface area (Å²) in [7, 11) is 1.74. The van der Waals surface area contributed by atoms with Gasteiger partial charge in [-0.05, 0) is 43.9 Å². The first-order chi connectivity index (χ1) is 15.4. The summed E-state index contributed by atoms with van der Waals surface area (Å²) in [6.45, 7) is 8.57. The van der Waals surface area contributed by atoms with Gasteiger partial charge in [0.2, 0.25) is 0 Å². The highest BCUT2D eigenvalue weighted by Gasteiger charge is 2.15. The van der Waals surface area contributed by atoms with Crippen molar-refractivity contribution in [3.8, 4) is 0 Å². The summed E-state index contributed by atoms with van der Waals surface area (Å²) in [5.74, 6) is 0.716. The van der Waals surface area contributed by atoms with Gasteiger partial charge in [-0.25, -0.2) is 4.79 Å². The number of amides is 1. The highest BCUT2D eigenvalue weighted by Crippen LogP contribution is 2.09. The molecule has 0 spiro atoms. The summed E-state index contributed by atoms with van der Waals surface area (Å²) < 4.78 is 11.0. The van der Waals surface area contributed by atoms with Crippen LogP contribution in [0.2, 0.25) is 0 Å². The highest BCUT2D eigenvalue weighted by atomic mass is 16.6. The molecule has 2 rings (SSSR count). The van der Waals surface area contributed by atoms with Crippen molar-refractivity contribution in [2.45, 2.75) is 52.6 Å². The van der Waals surface area contributed by atoms with Crippen LogP contribution < -0.4 is 16.0 Å². The molecular formula is C25H36N4O3. The number of benzene rings is 2. The second-order valence-electron chi connectivity index (χ2n) is 8.43. The molecule has 0 radical (unpaired) electrons. The molecule has 0 aliphatic carbocycles. The summed E-state index contributed by atoms with van der Waals surface area (Å²) in [4.78, 5) is 15.9. The van der Waals surface area contributed by atoms with Crippen molar-refractivity contribution in [3.05, 3.63) is 71.3 Å². The van der Waals surface area contributed by atoms with E-state index in [4.69, 9.17) is 9.47 Å². The van der Waals surface area contributed by atoms with Crippen LogP contribution in [0.1, 0.15) is 43.9 Å². The number of carbonyl (C=O) groups is 1. The zero-order valence-electron chi connectivity index (χ0n) is 19.6. The van der Waals surface area contributed by atoms with E-state index in [0.29, 0.717) is 38.8 Å². The maximum atomic E-state index is 11.6. The van der Waals surface area contributed by atoms with Gasteiger partial charge in [-0.2, -0.15) is 0 Å². The molecule has 3 N–H and O–H groups in total. The number of guanidine groups is 1. The Morgan fingerprint density at radius 2 is 1.53 bits per heavy atom. The van der Waals surface area contributed by atoms with E-state index in [-0.39, 0.29) is 0 Å². The first-order valence-corrected chi connectivity index (χ1v) is 11.0. The van der Waals surface area contributed by atoms with Crippen molar-refractivity contribution >= 4 is 12.1 Å². The maximum absolute atomic E-state index is 11.6. The van der Waals surface area contributed by atoms with Crippen LogP contribution >= 0.6 is 0 Å². The van der Waals surface area contributed by atoms with Gasteiger partial charge in [0.05, 0.1) is 13.2 Å². The Kier molecular flexibility index (Phi) is 10.5. The van der Waals surface area contributed by atoms with E-state index in [9.17, 15) is 4.79 Å². The number of hydrogen-bond donors (Lipinski definition) is 3. The lowest BCUT2D eigenvalue weighted by Crippen LogP contribution is -2.39. The van der Waals surface area contributed by atoms with Crippen LogP contribution in [0.5, 0.6) is 0 Å². The molecule has 0 heterocycles. The van der Waals surface area contributed by atoms with Gasteiger partial charge in [0.15, 0.2) is 5.96 Å². The average molecular weight is 441 g/mol. The largest absolute Gasteiger partial charge is 0.444 e. The van der Waals surface area contributed by atoms with E-state index in [0.717, 1.165) is 17.5 Å². The molecule has 0 saturated carbocycles. The van der Waals surface area contributed by atoms with Crippen molar-refractivity contribution < 1.29 is 14.3 Å². The van der Waals surface area contributed by atoms with Crippen molar-refractivity contribution in [3.63, 3.8) is 0 Å². The number of aliphatic imine (C=N–C) groups is 1. The number of alkyl carbamates (subject to hydrolysis) is 1. The highest BCUT2D eigenvalue weighted by molar-refractivity contribution is 5.79. The second-order valence-corrected chi connectivity index (χ2v) is 8.43. The summed E-state index contributed by atoms with van der Waals surface area (Å²) in [6, 6.07) is 18.5. The zero-order chi connectivity index (χ0) is 23.2. The maximum Gasteiger partial charge on any atom is 0.407 e. The van der Waals surface area contributed by atoms with Crippen LogP contribution in [0.15, 0.2) is 59.6 Å². The number of hydrogen-bond acceptors (Lipinski definition) is 4. The first-order valence-electron chi connectivity index (χ1n) is 11.0. The van der Waals surface area contributed by atoms with Gasteiger partial charge in [0.1, 0.15) is 5.60 Å². The van der Waals surface area contributed by atoms with Crippen molar-refractivity contribution in [2.75, 3.05) is 20.1 Å². The summed E-state index contributed by atoms with van der Waals surface area (Å²) in [5.41, 5.74) is 2.97. The van der Waals surface area contributed by atoms with Crippen molar-refractivity contribution in [1.82, 2.24) is 16.0 Å². The molecule has 0 bridgehead atoms. The Morgan fingerprint density at radius 3 is 2.25 bits per heavy atom. The van der Waals surface area contributed by atoms with Gasteiger partial charge in [-0.3, -0.25) is 4.99 Å². The Labute approximate surface area is 191 Å². The lowest BCUT2D eigenvalue weighted by Gasteiger charge is -2.19. The smallest absolute Gasteiger partial charge is 0.407 e. The molecule has 0 aliphatic rings. The summed E-state index contributed by atoms with van der Waals surface area (Å²) >= 11 is 0. The van der Waals surface area contributed by atoms with E-state index in [1.807, 2.05) is 45.0 Å². The molecule has 2 aromatic carbocycles. The minimum absolute atomic E-state index is 0.396. The third-order valence-corrected chi connectivity index (χ3v) is 4.37. The molecular weight excluding hydrogens is 404 g/mol. The van der Waals surface area contributed by atoms with E-state index in [1.165, 1.54) is 5.56 Å². The fraction of sp³-hybridized carbons (Fsp3) is 0.440. The third kappa shape index (κ3) is 10.8. The van der Waals surface area contributed by atoms with Crippen LogP contribution in [-0.4, -0.2) is 37.8 Å². The third-order valence-electron chi connectivity index (χ3n) is 4.37. The standard InChI is InChI=1S/C25H36N4O3/c1-25(2,3)32-24(30)28-15-9-14-27-23(26-4)29-17-21-12-8-13-22(16-21)19-31-18-20-10-6-5-7-11-20/h5-8,10-13,16H,9,14-15,17-19H2,1-4H3,(H,28,30)(H2,26,27,29). The number of nitrogens with one attached hydrogen (secondary N) is 3. The van der Waals surface area contributed by atoms with Gasteiger partial charge in [-0.1, -0.05) is 54.6 Å². The molecule has 32 heavy (non-hydrogen) atoms. The molecule has 174 valence electrons. The van der Waals surface area contributed by atoms with Gasteiger partial charge in [0.25, 0.3) is 0 Å². The number of nitrogens with zero attached hydrogens (tertiary/aromatic N) is 1. The predicted octanol–water partition coefficient (Wildman–Crippen LogP) is 3.98. The van der Waals surface area contributed by atoms with Crippen molar-refractivity contribution in [1.29, 1.82) is 0 Å². The van der Waals surface area contributed by atoms with Gasteiger partial charge < -0.3 is 25.4 Å². The van der Waals surface area contributed by atoms with Gasteiger partial charge in [-0.15, -0.1) is 0 Å². The number of rotatable bonds is 10. The Morgan fingerprint density at radius 1 is 0.875 bits per heavy atom. The van der Waals surface area contributed by atoms with E-state index in [1.54, 1.807) is 7.05 Å². The summed E-state index contributed by atoms with van der Waals surface area (Å²) in [5, 5.41) is 9.31. The fourth-order valence-electron chi connectivity index (χ4n) is 2.90. The second kappa shape index (κ2) is 13.4. The molecule has 2 aromatic rings. The number of ether oxygens (including phenoxy) is 2. The Bertz CT molecular complexity index is 848. The molecule has 0 atom stereocenters. The van der Waals surface area contributed by atoms with Crippen LogP contribution in [0.25, 0.3) is 0 Å². The van der Waals surface area contributed by atoms with Gasteiger partial charge in [0, 0.05) is 26.7 Å². The summed E-state index contributed by atoms with van der Waals surface area (Å²) in [6.07, 6.45) is 0.362. The fourth-order valence-corrected chi connectivity index (χ4v) is 2.90. The topological polar surface area (TPSA) is 84.0 Å². The van der Waals surface area contributed by atoms with Crippen LogP contribution in [0.4, 0.5) is 4.79 Å². The average Bonchev–Trinajstić information content (AvgIpc) is 2.75. The Hall–Kier alpha value is -3.06. The molecule has 1 amide bonds. The Balaban J connectivity index is 1.66. The SMILES string of the molecule is CN=C(NCCCNC(=O)OC(C)(C)C)NCc1cccc(COCc2ccccc2)c1. The molecule has 0 aromatic heterocycles. The van der Waals surface area contributed by atoms with Crippen molar-refractivity contribution in [2.24, 2.45) is 4.99 Å². The monoisotopic (exact) mass is 440 g/mol. The zero-order valence-corrected chi connectivity index (χ0v) is 19.6. The van der Waals surface area contributed by atoms with Crippen LogP contribution in [0.3, 0.4) is 0 Å². The van der Waals surface area contributed by atoms with Crippen LogP contribution in [-0.2, 0) is 29.2 Å². The predicted molar refractivity (Wildman–Crippen MR) is 128 cm³/mol. The lowest BCUT2D eigenvalue weighted by molar-refractivity contribution is 0.0527. The number of carbonyl (C=O) groups excluding carboxylic acids is 1. The minimum Gasteiger partial charge on any atom is -0.444 e. The van der Waals surface area contributed by atoms with E-state index < -0.39 is 11.7 Å². The molecule has 0 unspecified atom stereocenters. The molecule has 0 aliphatic heterocycles. The van der Waals surface area contributed by atoms with E-state index >= 15 is 0 Å². The molecule has 0 fully saturated rings. The molecule has 7 nitrogen and oxygen atoms in total. The lowest BCUT2D eigenvalue weighted by atomic mass is 10.1. The quantitative estimate of drug-likeness (QED) is 0.296. The van der Waals surface area contributed by atoms with E-state index in [2.05, 4.69) is 51.3 Å². The first kappa shape index (κ1) is 25.2. The molecule has 7 heteroatoms. The normalized spacial score (nSPS) is 11.7. The molecule has 0 saturated heterocycles. The van der Waals surface area contributed by atoms with Crippen LogP contribution in [0, 0.1) is 0 Å². The van der Waals surface area contributed by atoms with Gasteiger partial charge >= 0.3 is 6.09 Å².